The number of para-hydroxylation sites is 2. The summed E-state index contributed by atoms with van der Waals surface area (Å²) in [6, 6.07) is 23.0. The molecular weight excluding hydrogens is 469 g/mol. The summed E-state index contributed by atoms with van der Waals surface area (Å²) in [4.78, 5) is 19.6. The second-order valence-corrected chi connectivity index (χ2v) is 9.37. The average molecular weight is 494 g/mol. The zero-order chi connectivity index (χ0) is 23.5. The number of aryl methyl sites for hydroxylation is 1. The van der Waals surface area contributed by atoms with Gasteiger partial charge in [-0.15, -0.1) is 0 Å². The van der Waals surface area contributed by atoms with Crippen LogP contribution in [0.5, 0.6) is 5.75 Å². The molecule has 174 valence electrons. The highest BCUT2D eigenvalue weighted by atomic mass is 35.5. The van der Waals surface area contributed by atoms with Gasteiger partial charge in [-0.2, -0.15) is 0 Å². The van der Waals surface area contributed by atoms with Crippen LogP contribution in [-0.4, -0.2) is 28.6 Å². The van der Waals surface area contributed by atoms with Gasteiger partial charge in [-0.05, 0) is 73.5 Å². The Morgan fingerprint density at radius 2 is 1.62 bits per heavy atom. The van der Waals surface area contributed by atoms with Crippen LogP contribution in [0.4, 0.5) is 5.69 Å². The van der Waals surface area contributed by atoms with Crippen molar-refractivity contribution in [2.45, 2.75) is 31.7 Å². The van der Waals surface area contributed by atoms with Gasteiger partial charge in [-0.3, -0.25) is 4.79 Å². The lowest BCUT2D eigenvalue weighted by Gasteiger charge is -2.17. The number of carbonyl (C=O) groups is 1. The molecule has 1 aromatic heterocycles. The van der Waals surface area contributed by atoms with Crippen LogP contribution in [0.1, 0.15) is 31.0 Å². The lowest BCUT2D eigenvalue weighted by molar-refractivity contribution is -0.117. The minimum absolute atomic E-state index is 0.0425. The summed E-state index contributed by atoms with van der Waals surface area (Å²) < 4.78 is 8.12. The molecule has 0 N–H and O–H groups in total. The maximum Gasteiger partial charge on any atom is 0.227 e. The largest absolute Gasteiger partial charge is 0.494 e. The van der Waals surface area contributed by atoms with Gasteiger partial charge in [0.05, 0.1) is 17.6 Å². The Morgan fingerprint density at radius 1 is 0.912 bits per heavy atom. The molecule has 1 aliphatic rings. The highest BCUT2D eigenvalue weighted by Gasteiger charge is 2.34. The molecule has 1 unspecified atom stereocenters. The van der Waals surface area contributed by atoms with E-state index in [9.17, 15) is 4.79 Å². The number of hydrogen-bond acceptors (Lipinski definition) is 3. The van der Waals surface area contributed by atoms with Crippen LogP contribution in [0.3, 0.4) is 0 Å². The van der Waals surface area contributed by atoms with Gasteiger partial charge in [-0.1, -0.05) is 35.3 Å². The monoisotopic (exact) mass is 493 g/mol. The van der Waals surface area contributed by atoms with E-state index in [1.807, 2.05) is 71.6 Å². The van der Waals surface area contributed by atoms with Gasteiger partial charge >= 0.3 is 0 Å². The molecule has 1 aliphatic heterocycles. The maximum atomic E-state index is 12.9. The van der Waals surface area contributed by atoms with Gasteiger partial charge in [0.2, 0.25) is 5.91 Å². The summed E-state index contributed by atoms with van der Waals surface area (Å²) in [5.41, 5.74) is 2.94. The third kappa shape index (κ3) is 4.91. The second kappa shape index (κ2) is 10.1. The molecule has 3 aromatic carbocycles. The Balaban J connectivity index is 1.28. The molecule has 1 saturated heterocycles. The first-order valence-electron chi connectivity index (χ1n) is 11.5. The normalized spacial score (nSPS) is 15.9. The number of ether oxygens (including phenoxy) is 1. The highest BCUT2D eigenvalue weighted by molar-refractivity contribution is 6.30. The number of benzene rings is 3. The molecular formula is C27H25Cl2N3O2. The Bertz CT molecular complexity index is 1290. The number of nitrogens with zero attached hydrogens (tertiary/aromatic N) is 3. The molecule has 1 atom stereocenters. The number of amides is 1. The van der Waals surface area contributed by atoms with Crippen molar-refractivity contribution in [2.24, 2.45) is 0 Å². The molecule has 1 amide bonds. The Kier molecular flexibility index (Phi) is 6.75. The number of hydrogen-bond donors (Lipinski definition) is 0. The SMILES string of the molecule is O=C1CC(c2nc3ccccc3n2CCCCOc2ccc(Cl)cc2)CN1c1ccc(Cl)cc1. The van der Waals surface area contributed by atoms with Crippen LogP contribution in [0.25, 0.3) is 11.0 Å². The third-order valence-electron chi connectivity index (χ3n) is 6.17. The van der Waals surface area contributed by atoms with Crippen LogP contribution in [0.15, 0.2) is 72.8 Å². The van der Waals surface area contributed by atoms with E-state index >= 15 is 0 Å². The first kappa shape index (κ1) is 22.8. The summed E-state index contributed by atoms with van der Waals surface area (Å²) >= 11 is 12.0. The smallest absolute Gasteiger partial charge is 0.227 e. The second-order valence-electron chi connectivity index (χ2n) is 8.50. The summed E-state index contributed by atoms with van der Waals surface area (Å²) in [6.45, 7) is 2.07. The van der Waals surface area contributed by atoms with Gasteiger partial charge < -0.3 is 14.2 Å². The molecule has 0 aliphatic carbocycles. The lowest BCUT2D eigenvalue weighted by atomic mass is 10.1. The Labute approximate surface area is 208 Å². The van der Waals surface area contributed by atoms with Gasteiger partial charge in [0, 0.05) is 41.2 Å². The van der Waals surface area contributed by atoms with E-state index in [0.717, 1.165) is 47.7 Å². The minimum Gasteiger partial charge on any atom is -0.494 e. The quantitative estimate of drug-likeness (QED) is 0.256. The van der Waals surface area contributed by atoms with Gasteiger partial charge in [-0.25, -0.2) is 4.98 Å². The number of halogens is 2. The van der Waals surface area contributed by atoms with E-state index in [2.05, 4.69) is 10.6 Å². The Morgan fingerprint density at radius 3 is 2.38 bits per heavy atom. The van der Waals surface area contributed by atoms with Crippen molar-refractivity contribution < 1.29 is 9.53 Å². The number of rotatable bonds is 8. The fraction of sp³-hybridized carbons (Fsp3) is 0.259. The van der Waals surface area contributed by atoms with E-state index in [1.165, 1.54) is 0 Å². The molecule has 0 spiro atoms. The van der Waals surface area contributed by atoms with Crippen LogP contribution in [0, 0.1) is 0 Å². The number of fused-ring (bicyclic) bond motifs is 1. The maximum absolute atomic E-state index is 12.9. The molecule has 4 aromatic rings. The molecule has 0 saturated carbocycles. The molecule has 1 fully saturated rings. The molecule has 5 rings (SSSR count). The molecule has 5 nitrogen and oxygen atoms in total. The number of imidazole rings is 1. The first-order chi connectivity index (χ1) is 16.6. The minimum atomic E-state index is 0.0425. The van der Waals surface area contributed by atoms with Gasteiger partial charge in [0.1, 0.15) is 11.6 Å². The highest BCUT2D eigenvalue weighted by Crippen LogP contribution is 2.33. The Hall–Kier alpha value is -3.02. The van der Waals surface area contributed by atoms with Gasteiger partial charge in [0.15, 0.2) is 0 Å². The lowest BCUT2D eigenvalue weighted by Crippen LogP contribution is -2.24. The van der Waals surface area contributed by atoms with Crippen LogP contribution in [0.2, 0.25) is 10.0 Å². The van der Waals surface area contributed by atoms with Crippen molar-refractivity contribution in [1.29, 1.82) is 0 Å². The fourth-order valence-electron chi connectivity index (χ4n) is 4.48. The standard InChI is InChI=1S/C27H25Cl2N3O2/c28-20-7-11-22(12-8-20)32-18-19(17-26(32)33)27-30-24-5-1-2-6-25(24)31(27)15-3-4-16-34-23-13-9-21(29)10-14-23/h1-2,5-14,19H,3-4,15-18H2. The van der Waals surface area contributed by atoms with E-state index < -0.39 is 0 Å². The van der Waals surface area contributed by atoms with Crippen molar-refractivity contribution >= 4 is 45.8 Å². The van der Waals surface area contributed by atoms with E-state index in [4.69, 9.17) is 32.9 Å². The van der Waals surface area contributed by atoms with Crippen molar-refractivity contribution in [3.05, 3.63) is 88.7 Å². The summed E-state index contributed by atoms with van der Waals surface area (Å²) in [6.07, 6.45) is 2.31. The number of unbranched alkanes of at least 4 members (excludes halogenated alkanes) is 1. The van der Waals surface area contributed by atoms with Crippen LogP contribution in [-0.2, 0) is 11.3 Å². The van der Waals surface area contributed by atoms with E-state index in [0.29, 0.717) is 29.6 Å². The summed E-state index contributed by atoms with van der Waals surface area (Å²) in [7, 11) is 0. The van der Waals surface area contributed by atoms with Crippen LogP contribution < -0.4 is 9.64 Å². The first-order valence-corrected chi connectivity index (χ1v) is 12.2. The summed E-state index contributed by atoms with van der Waals surface area (Å²) in [5, 5.41) is 1.36. The van der Waals surface area contributed by atoms with Crippen LogP contribution >= 0.6 is 23.2 Å². The fourth-order valence-corrected chi connectivity index (χ4v) is 4.74. The molecule has 0 bridgehead atoms. The topological polar surface area (TPSA) is 47.4 Å². The van der Waals surface area contributed by atoms with Crippen molar-refractivity contribution in [1.82, 2.24) is 9.55 Å². The summed E-state index contributed by atoms with van der Waals surface area (Å²) in [5.74, 6) is 1.96. The van der Waals surface area contributed by atoms with Crippen molar-refractivity contribution in [2.75, 3.05) is 18.1 Å². The average Bonchev–Trinajstić information content (AvgIpc) is 3.41. The molecule has 7 heteroatoms. The number of aromatic nitrogens is 2. The number of carbonyl (C=O) groups excluding carboxylic acids is 1. The predicted molar refractivity (Wildman–Crippen MR) is 137 cm³/mol. The van der Waals surface area contributed by atoms with E-state index in [1.54, 1.807) is 0 Å². The molecule has 0 radical (unpaired) electrons. The number of anilines is 1. The van der Waals surface area contributed by atoms with Gasteiger partial charge in [0.25, 0.3) is 0 Å². The van der Waals surface area contributed by atoms with Crippen molar-refractivity contribution in [3.8, 4) is 5.75 Å². The van der Waals surface area contributed by atoms with Crippen molar-refractivity contribution in [3.63, 3.8) is 0 Å². The molecule has 34 heavy (non-hydrogen) atoms. The third-order valence-corrected chi connectivity index (χ3v) is 6.67. The van der Waals surface area contributed by atoms with E-state index in [-0.39, 0.29) is 11.8 Å². The molecule has 2 heterocycles. The zero-order valence-electron chi connectivity index (χ0n) is 18.7. The zero-order valence-corrected chi connectivity index (χ0v) is 20.2. The predicted octanol–water partition coefficient (Wildman–Crippen LogP) is 6.72.